The number of aryl methyl sites for hydroxylation is 1. The molecule has 1 N–H and O–H groups in total. The van der Waals surface area contributed by atoms with Gasteiger partial charge in [-0.1, -0.05) is 35.5 Å². The number of nitrogens with one attached hydrogen (secondary N) is 1. The summed E-state index contributed by atoms with van der Waals surface area (Å²) in [6, 6.07) is 11.4. The summed E-state index contributed by atoms with van der Waals surface area (Å²) in [6.45, 7) is 1.11. The Morgan fingerprint density at radius 1 is 1.23 bits per heavy atom. The quantitative estimate of drug-likeness (QED) is 0.783. The molecule has 1 aliphatic heterocycles. The summed E-state index contributed by atoms with van der Waals surface area (Å²) < 4.78 is 10.3. The van der Waals surface area contributed by atoms with Crippen molar-refractivity contribution in [3.8, 4) is 0 Å². The number of aromatic nitrogens is 1. The zero-order valence-corrected chi connectivity index (χ0v) is 14.6. The molecule has 1 saturated heterocycles. The van der Waals surface area contributed by atoms with Gasteiger partial charge in [-0.3, -0.25) is 9.59 Å². The fourth-order valence-electron chi connectivity index (χ4n) is 2.98. The molecular weight excluding hydrogens is 334 g/mol. The van der Waals surface area contributed by atoms with Crippen LogP contribution in [0.1, 0.15) is 24.8 Å². The van der Waals surface area contributed by atoms with E-state index in [0.29, 0.717) is 31.8 Å². The van der Waals surface area contributed by atoms with Crippen molar-refractivity contribution in [2.24, 2.45) is 0 Å². The van der Waals surface area contributed by atoms with E-state index in [2.05, 4.69) is 10.5 Å². The fourth-order valence-corrected chi connectivity index (χ4v) is 2.98. The predicted octanol–water partition coefficient (Wildman–Crippen LogP) is 2.25. The van der Waals surface area contributed by atoms with Gasteiger partial charge >= 0.3 is 0 Å². The van der Waals surface area contributed by atoms with Gasteiger partial charge in [0.15, 0.2) is 5.82 Å². The Labute approximate surface area is 152 Å². The maximum Gasteiger partial charge on any atom is 0.245 e. The molecule has 1 aliphatic rings. The minimum Gasteiger partial charge on any atom is -0.376 e. The van der Waals surface area contributed by atoms with E-state index in [-0.39, 0.29) is 24.5 Å². The first-order chi connectivity index (χ1) is 12.7. The van der Waals surface area contributed by atoms with Crippen molar-refractivity contribution >= 4 is 17.6 Å². The largest absolute Gasteiger partial charge is 0.376 e. The number of hydrogen-bond donors (Lipinski definition) is 1. The number of nitrogens with zero attached hydrogens (tertiary/aromatic N) is 2. The first-order valence-corrected chi connectivity index (χ1v) is 8.84. The smallest absolute Gasteiger partial charge is 0.245 e. The molecular formula is C19H23N3O4. The number of rotatable bonds is 8. The highest BCUT2D eigenvalue weighted by Gasteiger charge is 2.24. The van der Waals surface area contributed by atoms with E-state index in [9.17, 15) is 9.59 Å². The molecule has 0 bridgehead atoms. The van der Waals surface area contributed by atoms with Crippen molar-refractivity contribution in [1.82, 2.24) is 10.1 Å². The van der Waals surface area contributed by atoms with Gasteiger partial charge in [0.05, 0.1) is 12.6 Å². The number of ether oxygens (including phenoxy) is 1. The minimum atomic E-state index is -0.301. The predicted molar refractivity (Wildman–Crippen MR) is 95.4 cm³/mol. The van der Waals surface area contributed by atoms with E-state index in [1.807, 2.05) is 30.3 Å². The molecule has 1 fully saturated rings. The zero-order chi connectivity index (χ0) is 18.2. The minimum absolute atomic E-state index is 0.00414. The lowest BCUT2D eigenvalue weighted by molar-refractivity contribution is -0.136. The van der Waals surface area contributed by atoms with Gasteiger partial charge < -0.3 is 19.5 Å². The Hall–Kier alpha value is -2.67. The molecule has 2 amide bonds. The zero-order valence-electron chi connectivity index (χ0n) is 14.6. The first kappa shape index (κ1) is 18.1. The van der Waals surface area contributed by atoms with Gasteiger partial charge in [0.1, 0.15) is 6.26 Å². The Balaban J connectivity index is 1.57. The standard InChI is InChI=1S/C19H23N3O4/c23-18(20-17-10-12-26-21-17)14-22(13-16-7-4-11-25-16)19(24)9-8-15-5-2-1-3-6-15/h1-3,5-6,10,12,16H,4,7-9,11,13-14H2,(H,20,21,23). The van der Waals surface area contributed by atoms with Gasteiger partial charge in [0, 0.05) is 25.6 Å². The first-order valence-electron chi connectivity index (χ1n) is 8.84. The summed E-state index contributed by atoms with van der Waals surface area (Å²) in [6.07, 6.45) is 4.27. The maximum absolute atomic E-state index is 12.7. The molecule has 7 nitrogen and oxygen atoms in total. The Bertz CT molecular complexity index is 697. The van der Waals surface area contributed by atoms with Crippen LogP contribution in [0.2, 0.25) is 0 Å². The normalized spacial score (nSPS) is 16.4. The molecule has 0 aliphatic carbocycles. The van der Waals surface area contributed by atoms with E-state index in [4.69, 9.17) is 9.26 Å². The van der Waals surface area contributed by atoms with E-state index < -0.39 is 0 Å². The van der Waals surface area contributed by atoms with Crippen molar-refractivity contribution in [2.75, 3.05) is 25.0 Å². The van der Waals surface area contributed by atoms with Gasteiger partial charge in [-0.25, -0.2) is 0 Å². The summed E-state index contributed by atoms with van der Waals surface area (Å²) in [7, 11) is 0. The van der Waals surface area contributed by atoms with Crippen molar-refractivity contribution in [3.63, 3.8) is 0 Å². The Kier molecular flexibility index (Phi) is 6.38. The molecule has 26 heavy (non-hydrogen) atoms. The third-order valence-corrected chi connectivity index (χ3v) is 4.31. The lowest BCUT2D eigenvalue weighted by Crippen LogP contribution is -2.42. The van der Waals surface area contributed by atoms with E-state index in [1.54, 1.807) is 11.0 Å². The molecule has 3 rings (SSSR count). The molecule has 1 unspecified atom stereocenters. The van der Waals surface area contributed by atoms with Crippen molar-refractivity contribution < 1.29 is 18.8 Å². The SMILES string of the molecule is O=C(CN(CC1CCCO1)C(=O)CCc1ccccc1)Nc1ccon1. The van der Waals surface area contributed by atoms with Crippen LogP contribution in [0.5, 0.6) is 0 Å². The lowest BCUT2D eigenvalue weighted by Gasteiger charge is -2.25. The van der Waals surface area contributed by atoms with Crippen molar-refractivity contribution in [2.45, 2.75) is 31.8 Å². The van der Waals surface area contributed by atoms with Crippen molar-refractivity contribution in [3.05, 3.63) is 48.2 Å². The Morgan fingerprint density at radius 3 is 2.77 bits per heavy atom. The number of carbonyl (C=O) groups is 2. The van der Waals surface area contributed by atoms with Gasteiger partial charge in [-0.15, -0.1) is 0 Å². The average molecular weight is 357 g/mol. The Morgan fingerprint density at radius 2 is 2.08 bits per heavy atom. The summed E-state index contributed by atoms with van der Waals surface area (Å²) in [4.78, 5) is 26.5. The summed E-state index contributed by atoms with van der Waals surface area (Å²) in [5.41, 5.74) is 1.10. The van der Waals surface area contributed by atoms with Crippen LogP contribution < -0.4 is 5.32 Å². The molecule has 1 aromatic heterocycles. The molecule has 1 atom stereocenters. The molecule has 1 aromatic carbocycles. The second-order valence-electron chi connectivity index (χ2n) is 6.33. The molecule has 138 valence electrons. The van der Waals surface area contributed by atoms with Crippen LogP contribution in [-0.2, 0) is 20.7 Å². The molecule has 0 saturated carbocycles. The van der Waals surface area contributed by atoms with E-state index >= 15 is 0 Å². The molecule has 0 spiro atoms. The molecule has 2 heterocycles. The van der Waals surface area contributed by atoms with Gasteiger partial charge in [-0.2, -0.15) is 0 Å². The molecule has 7 heteroatoms. The average Bonchev–Trinajstić information content (AvgIpc) is 3.34. The second-order valence-corrected chi connectivity index (χ2v) is 6.33. The summed E-state index contributed by atoms with van der Waals surface area (Å²) in [5, 5.41) is 6.28. The summed E-state index contributed by atoms with van der Waals surface area (Å²) in [5.74, 6) is -0.0200. The van der Waals surface area contributed by atoms with E-state index in [1.165, 1.54) is 6.26 Å². The highest BCUT2D eigenvalue weighted by Crippen LogP contribution is 2.15. The van der Waals surface area contributed by atoms with Crippen LogP contribution in [0.3, 0.4) is 0 Å². The third-order valence-electron chi connectivity index (χ3n) is 4.31. The molecule has 0 radical (unpaired) electrons. The maximum atomic E-state index is 12.7. The van der Waals surface area contributed by atoms with Crippen LogP contribution in [0.15, 0.2) is 47.2 Å². The van der Waals surface area contributed by atoms with Gasteiger partial charge in [-0.05, 0) is 24.8 Å². The molecule has 2 aromatic rings. The summed E-state index contributed by atoms with van der Waals surface area (Å²) >= 11 is 0. The highest BCUT2D eigenvalue weighted by molar-refractivity contribution is 5.93. The van der Waals surface area contributed by atoms with Crippen LogP contribution in [0.25, 0.3) is 0 Å². The van der Waals surface area contributed by atoms with Crippen LogP contribution in [-0.4, -0.2) is 47.7 Å². The number of hydrogen-bond acceptors (Lipinski definition) is 5. The monoisotopic (exact) mass is 357 g/mol. The second kappa shape index (κ2) is 9.15. The fraction of sp³-hybridized carbons (Fsp3) is 0.421. The topological polar surface area (TPSA) is 84.7 Å². The highest BCUT2D eigenvalue weighted by atomic mass is 16.5. The number of carbonyl (C=O) groups excluding carboxylic acids is 2. The lowest BCUT2D eigenvalue weighted by atomic mass is 10.1. The number of anilines is 1. The van der Waals surface area contributed by atoms with E-state index in [0.717, 1.165) is 18.4 Å². The van der Waals surface area contributed by atoms with Crippen molar-refractivity contribution in [1.29, 1.82) is 0 Å². The van der Waals surface area contributed by atoms with Crippen LogP contribution in [0, 0.1) is 0 Å². The van der Waals surface area contributed by atoms with Gasteiger partial charge in [0.25, 0.3) is 0 Å². The number of amides is 2. The number of benzene rings is 1. The van der Waals surface area contributed by atoms with Crippen LogP contribution >= 0.6 is 0 Å². The van der Waals surface area contributed by atoms with Crippen LogP contribution in [0.4, 0.5) is 5.82 Å². The third kappa shape index (κ3) is 5.42. The van der Waals surface area contributed by atoms with Gasteiger partial charge in [0.2, 0.25) is 11.8 Å².